The first kappa shape index (κ1) is 23.4. The van der Waals surface area contributed by atoms with Gasteiger partial charge in [0.1, 0.15) is 0 Å². The summed E-state index contributed by atoms with van der Waals surface area (Å²) in [6, 6.07) is 19.9. The molecule has 2 aliphatic rings. The van der Waals surface area contributed by atoms with Crippen LogP contribution < -0.4 is 20.4 Å². The predicted molar refractivity (Wildman–Crippen MR) is 138 cm³/mol. The number of aliphatic imine (C=N–C) groups is 1. The average molecular weight is 450 g/mol. The normalized spacial score (nSPS) is 20.1. The highest BCUT2D eigenvalue weighted by Gasteiger charge is 2.21. The Morgan fingerprint density at radius 2 is 1.67 bits per heavy atom. The largest absolute Gasteiger partial charge is 0.396 e. The molecule has 2 fully saturated rings. The molecule has 6 nitrogen and oxygen atoms in total. The second-order valence-electron chi connectivity index (χ2n) is 9.24. The lowest BCUT2D eigenvalue weighted by Crippen LogP contribution is -2.51. The van der Waals surface area contributed by atoms with Gasteiger partial charge in [0.2, 0.25) is 0 Å². The van der Waals surface area contributed by atoms with Crippen LogP contribution in [0.5, 0.6) is 0 Å². The number of guanidine groups is 1. The van der Waals surface area contributed by atoms with Crippen LogP contribution in [0.25, 0.3) is 0 Å². The van der Waals surface area contributed by atoms with Crippen LogP contribution in [0.1, 0.15) is 38.2 Å². The number of nitrogens with zero attached hydrogens (tertiary/aromatic N) is 3. The quantitative estimate of drug-likeness (QED) is 0.445. The molecule has 2 aliphatic heterocycles. The number of piperidine rings is 2. The van der Waals surface area contributed by atoms with Gasteiger partial charge in [0.15, 0.2) is 5.96 Å². The Kier molecular flexibility index (Phi) is 8.47. The summed E-state index contributed by atoms with van der Waals surface area (Å²) in [6.45, 7) is 8.11. The van der Waals surface area contributed by atoms with Crippen molar-refractivity contribution in [1.82, 2.24) is 10.6 Å². The average Bonchev–Trinajstić information content (AvgIpc) is 2.88. The van der Waals surface area contributed by atoms with Gasteiger partial charge >= 0.3 is 0 Å². The number of rotatable bonds is 7. The van der Waals surface area contributed by atoms with Gasteiger partial charge in [-0.3, -0.25) is 0 Å². The van der Waals surface area contributed by atoms with Gasteiger partial charge in [0.05, 0.1) is 6.54 Å². The third-order valence-electron chi connectivity index (χ3n) is 6.82. The monoisotopic (exact) mass is 449 g/mol. The highest BCUT2D eigenvalue weighted by Crippen LogP contribution is 2.23. The zero-order valence-electron chi connectivity index (χ0n) is 19.9. The first-order chi connectivity index (χ1) is 16.2. The summed E-state index contributed by atoms with van der Waals surface area (Å²) in [7, 11) is 0. The summed E-state index contributed by atoms with van der Waals surface area (Å²) in [5.41, 5.74) is 3.79. The molecule has 0 amide bonds. The maximum Gasteiger partial charge on any atom is 0.191 e. The van der Waals surface area contributed by atoms with Crippen LogP contribution >= 0.6 is 0 Å². The Morgan fingerprint density at radius 3 is 2.36 bits per heavy atom. The Balaban J connectivity index is 1.32. The van der Waals surface area contributed by atoms with E-state index in [2.05, 4.69) is 82.0 Å². The summed E-state index contributed by atoms with van der Waals surface area (Å²) >= 11 is 0. The van der Waals surface area contributed by atoms with Crippen LogP contribution in [0.2, 0.25) is 0 Å². The molecule has 4 rings (SSSR count). The predicted octanol–water partition coefficient (Wildman–Crippen LogP) is 3.62. The molecule has 1 atom stereocenters. The van der Waals surface area contributed by atoms with E-state index in [0.717, 1.165) is 57.9 Å². The van der Waals surface area contributed by atoms with Crippen molar-refractivity contribution in [2.24, 2.45) is 10.9 Å². The molecule has 2 saturated heterocycles. The lowest BCUT2D eigenvalue weighted by molar-refractivity contribution is 0.203. The van der Waals surface area contributed by atoms with Crippen molar-refractivity contribution in [2.75, 3.05) is 49.1 Å². The van der Waals surface area contributed by atoms with Crippen LogP contribution in [0.3, 0.4) is 0 Å². The smallest absolute Gasteiger partial charge is 0.191 e. The summed E-state index contributed by atoms with van der Waals surface area (Å²) < 4.78 is 0. The Hall–Kier alpha value is -2.73. The lowest BCUT2D eigenvalue weighted by Gasteiger charge is -2.35. The molecule has 0 aromatic heterocycles. The standard InChI is InChI=1S/C27H39N5O/c1-2-28-27(30-24-7-6-16-32(20-24)25-8-4-3-5-9-25)29-19-22-10-12-26(13-11-22)31-17-14-23(21-33)15-18-31/h3-5,8-13,23-24,33H,2,6-7,14-21H2,1H3,(H2,28,29,30). The fourth-order valence-corrected chi connectivity index (χ4v) is 4.84. The molecule has 2 heterocycles. The van der Waals surface area contributed by atoms with Crippen LogP contribution in [-0.2, 0) is 6.54 Å². The lowest BCUT2D eigenvalue weighted by atomic mass is 9.97. The van der Waals surface area contributed by atoms with E-state index in [0.29, 0.717) is 25.1 Å². The van der Waals surface area contributed by atoms with Crippen LogP contribution in [0.15, 0.2) is 59.6 Å². The van der Waals surface area contributed by atoms with Gasteiger partial charge < -0.3 is 25.5 Å². The minimum atomic E-state index is 0.318. The van der Waals surface area contributed by atoms with E-state index in [1.54, 1.807) is 0 Å². The number of para-hydroxylation sites is 1. The molecule has 2 aromatic carbocycles. The van der Waals surface area contributed by atoms with Gasteiger partial charge in [0.25, 0.3) is 0 Å². The van der Waals surface area contributed by atoms with Crippen molar-refractivity contribution in [3.05, 3.63) is 60.2 Å². The zero-order chi connectivity index (χ0) is 22.9. The molecule has 0 saturated carbocycles. The zero-order valence-corrected chi connectivity index (χ0v) is 19.9. The molecule has 0 radical (unpaired) electrons. The number of benzene rings is 2. The molecule has 3 N–H and O–H groups in total. The fourth-order valence-electron chi connectivity index (χ4n) is 4.84. The van der Waals surface area contributed by atoms with Crippen molar-refractivity contribution >= 4 is 17.3 Å². The molecule has 178 valence electrons. The SMILES string of the molecule is CCNC(=NCc1ccc(N2CCC(CO)CC2)cc1)NC1CCCN(c2ccccc2)C1. The van der Waals surface area contributed by atoms with Gasteiger partial charge in [-0.05, 0) is 68.4 Å². The summed E-state index contributed by atoms with van der Waals surface area (Å²) in [5, 5.41) is 16.4. The third-order valence-corrected chi connectivity index (χ3v) is 6.82. The number of aliphatic hydroxyl groups excluding tert-OH is 1. The van der Waals surface area contributed by atoms with Gasteiger partial charge in [-0.1, -0.05) is 30.3 Å². The molecule has 2 aromatic rings. The van der Waals surface area contributed by atoms with Gasteiger partial charge in [-0.25, -0.2) is 4.99 Å². The van der Waals surface area contributed by atoms with Crippen molar-refractivity contribution in [2.45, 2.75) is 45.2 Å². The Labute approximate surface area is 198 Å². The van der Waals surface area contributed by atoms with Crippen LogP contribution in [0.4, 0.5) is 11.4 Å². The molecule has 0 bridgehead atoms. The van der Waals surface area contributed by atoms with E-state index in [4.69, 9.17) is 4.99 Å². The summed E-state index contributed by atoms with van der Waals surface area (Å²) in [4.78, 5) is 9.76. The van der Waals surface area contributed by atoms with Crippen molar-refractivity contribution in [1.29, 1.82) is 0 Å². The van der Waals surface area contributed by atoms with E-state index in [-0.39, 0.29) is 0 Å². The first-order valence-electron chi connectivity index (χ1n) is 12.5. The second-order valence-corrected chi connectivity index (χ2v) is 9.24. The topological polar surface area (TPSA) is 63.1 Å². The molecular formula is C27H39N5O. The van der Waals surface area contributed by atoms with Crippen molar-refractivity contribution in [3.8, 4) is 0 Å². The van der Waals surface area contributed by atoms with E-state index < -0.39 is 0 Å². The van der Waals surface area contributed by atoms with Gasteiger partial charge in [-0.15, -0.1) is 0 Å². The fraction of sp³-hybridized carbons (Fsp3) is 0.519. The minimum Gasteiger partial charge on any atom is -0.396 e. The molecule has 1 unspecified atom stereocenters. The van der Waals surface area contributed by atoms with Gasteiger partial charge in [-0.2, -0.15) is 0 Å². The molecule has 33 heavy (non-hydrogen) atoms. The summed E-state index contributed by atoms with van der Waals surface area (Å²) in [5.74, 6) is 1.36. The number of hydrogen-bond donors (Lipinski definition) is 3. The van der Waals surface area contributed by atoms with E-state index in [1.165, 1.54) is 23.4 Å². The maximum atomic E-state index is 9.35. The third kappa shape index (κ3) is 6.64. The number of anilines is 2. The van der Waals surface area contributed by atoms with E-state index in [1.807, 2.05) is 0 Å². The second kappa shape index (κ2) is 11.9. The minimum absolute atomic E-state index is 0.318. The number of aliphatic hydroxyl groups is 1. The first-order valence-corrected chi connectivity index (χ1v) is 12.5. The molecule has 6 heteroatoms. The molecular weight excluding hydrogens is 410 g/mol. The Bertz CT molecular complexity index is 862. The molecule has 0 spiro atoms. The van der Waals surface area contributed by atoms with Crippen molar-refractivity contribution < 1.29 is 5.11 Å². The summed E-state index contributed by atoms with van der Waals surface area (Å²) in [6.07, 6.45) is 4.49. The van der Waals surface area contributed by atoms with Gasteiger partial charge in [0, 0.05) is 56.7 Å². The highest BCUT2D eigenvalue weighted by atomic mass is 16.3. The Morgan fingerprint density at radius 1 is 0.939 bits per heavy atom. The van der Waals surface area contributed by atoms with Crippen molar-refractivity contribution in [3.63, 3.8) is 0 Å². The van der Waals surface area contributed by atoms with E-state index >= 15 is 0 Å². The van der Waals surface area contributed by atoms with Crippen LogP contribution in [-0.4, -0.2) is 56.4 Å². The molecule has 0 aliphatic carbocycles. The highest BCUT2D eigenvalue weighted by molar-refractivity contribution is 5.80. The number of nitrogens with one attached hydrogen (secondary N) is 2. The van der Waals surface area contributed by atoms with E-state index in [9.17, 15) is 5.11 Å². The maximum absolute atomic E-state index is 9.35. The number of hydrogen-bond acceptors (Lipinski definition) is 4. The van der Waals surface area contributed by atoms with Crippen LogP contribution in [0, 0.1) is 5.92 Å².